The summed E-state index contributed by atoms with van der Waals surface area (Å²) in [5.41, 5.74) is 16.4. The molecule has 3 aromatic heterocycles. The van der Waals surface area contributed by atoms with Crippen LogP contribution in [-0.2, 0) is 41.1 Å². The number of hydrogen-bond acceptors (Lipinski definition) is 4. The van der Waals surface area contributed by atoms with E-state index in [1.54, 1.807) is 12.1 Å². The van der Waals surface area contributed by atoms with Crippen molar-refractivity contribution in [1.29, 1.82) is 0 Å². The van der Waals surface area contributed by atoms with Crippen LogP contribution in [0, 0.1) is 21.6 Å². The molecule has 7 rings (SSSR count). The molecule has 0 radical (unpaired) electrons. The Labute approximate surface area is 381 Å². The summed E-state index contributed by atoms with van der Waals surface area (Å²) in [5.74, 6) is 3.45. The molecule has 0 amide bonds. The third-order valence-corrected chi connectivity index (χ3v) is 12.1. The van der Waals surface area contributed by atoms with Gasteiger partial charge in [-0.15, -0.1) is 16.6 Å². The van der Waals surface area contributed by atoms with Crippen LogP contribution in [0.25, 0.3) is 68.6 Å². The molecule has 0 aliphatic carbocycles. The van der Waals surface area contributed by atoms with Gasteiger partial charge in [0.1, 0.15) is 8.07 Å². The molecule has 8 bridgehead atoms. The van der Waals surface area contributed by atoms with Gasteiger partial charge in [-0.2, -0.15) is 0 Å². The van der Waals surface area contributed by atoms with Crippen molar-refractivity contribution in [1.82, 2.24) is 19.9 Å². The Bertz CT molecular complexity index is 2850. The molecule has 9 heteroatoms. The molecule has 0 unspecified atom stereocenters. The third kappa shape index (κ3) is 9.58. The zero-order valence-corrected chi connectivity index (χ0v) is 43.3. The first-order valence-corrected chi connectivity index (χ1v) is 24.7. The standard InChI is InChI=1S/C53H59N5O2Si.Zn/c1-50(2,3)34-26-32(27-35(30-34)51(4,5)6)47-41-18-16-39(54-41)38(24-25-61(13,14)15)40-17-22-45(55-40)49(58(59)60)46-23-21-44(57-46)48(43-20-19-42(47)56-43)33-28-36(52(7,8)9)31-37(29-33)53(10,11)12;/h16-23,26-31H,1-15H3;/q-2;+2. The number of benzene rings is 2. The van der Waals surface area contributed by atoms with Crippen LogP contribution >= 0.6 is 0 Å². The maximum absolute atomic E-state index is 13.0. The van der Waals surface area contributed by atoms with Crippen molar-refractivity contribution in [2.75, 3.05) is 0 Å². The minimum Gasteiger partial charge on any atom is -0.652 e. The van der Waals surface area contributed by atoms with Crippen LogP contribution in [-0.4, -0.2) is 23.0 Å². The van der Waals surface area contributed by atoms with Crippen LogP contribution in [0.3, 0.4) is 0 Å². The molecule has 5 heterocycles. The van der Waals surface area contributed by atoms with Crippen molar-refractivity contribution < 1.29 is 24.4 Å². The average molecular weight is 892 g/mol. The van der Waals surface area contributed by atoms with Crippen LogP contribution in [0.15, 0.2) is 60.7 Å². The summed E-state index contributed by atoms with van der Waals surface area (Å²) in [5, 5.41) is 13.0. The van der Waals surface area contributed by atoms with Crippen LogP contribution in [0.2, 0.25) is 19.6 Å². The fraction of sp³-hybridized carbons (Fsp3) is 0.358. The Hall–Kier alpha value is -5.16. The third-order valence-electron chi connectivity index (χ3n) is 11.2. The van der Waals surface area contributed by atoms with E-state index in [2.05, 4.69) is 163 Å². The van der Waals surface area contributed by atoms with E-state index < -0.39 is 8.07 Å². The Morgan fingerprint density at radius 2 is 0.887 bits per heavy atom. The van der Waals surface area contributed by atoms with Crippen LogP contribution in [0.4, 0.5) is 5.69 Å². The molecule has 0 saturated heterocycles. The quantitative estimate of drug-likeness (QED) is 0.0759. The summed E-state index contributed by atoms with van der Waals surface area (Å²) >= 11 is 0. The molecular weight excluding hydrogens is 832 g/mol. The molecule has 314 valence electrons. The van der Waals surface area contributed by atoms with E-state index in [0.717, 1.165) is 39.3 Å². The molecule has 0 atom stereocenters. The minimum atomic E-state index is -1.86. The second-order valence-corrected chi connectivity index (χ2v) is 26.4. The monoisotopic (exact) mass is 889 g/mol. The molecule has 0 saturated carbocycles. The van der Waals surface area contributed by atoms with Gasteiger partial charge in [0.05, 0.1) is 27.7 Å². The van der Waals surface area contributed by atoms with Gasteiger partial charge in [0.2, 0.25) is 5.69 Å². The number of nitrogens with zero attached hydrogens (tertiary/aromatic N) is 5. The van der Waals surface area contributed by atoms with Gasteiger partial charge in [-0.05, 0) is 84.9 Å². The molecular formula is C53H59N5O2SiZn. The molecule has 2 aliphatic rings. The first kappa shape index (κ1) is 46.3. The fourth-order valence-corrected chi connectivity index (χ4v) is 8.01. The van der Waals surface area contributed by atoms with Gasteiger partial charge in [-0.3, -0.25) is 10.1 Å². The summed E-state index contributed by atoms with van der Waals surface area (Å²) in [6, 6.07) is 20.8. The molecule has 5 aromatic rings. The van der Waals surface area contributed by atoms with Gasteiger partial charge in [0.15, 0.2) is 0 Å². The number of rotatable bonds is 3. The van der Waals surface area contributed by atoms with E-state index in [1.165, 1.54) is 22.3 Å². The number of fused-ring (bicyclic) bond motifs is 8. The predicted octanol–water partition coefficient (Wildman–Crippen LogP) is 13.6. The average Bonchev–Trinajstić information content (AvgIpc) is 3.97. The van der Waals surface area contributed by atoms with E-state index in [-0.39, 0.29) is 62.8 Å². The maximum Gasteiger partial charge on any atom is 2.00 e. The van der Waals surface area contributed by atoms with E-state index in [0.29, 0.717) is 22.3 Å². The largest absolute Gasteiger partial charge is 2.00 e. The van der Waals surface area contributed by atoms with Crippen LogP contribution in [0.1, 0.15) is 134 Å². The molecule has 0 N–H and O–H groups in total. The van der Waals surface area contributed by atoms with E-state index in [4.69, 9.17) is 19.9 Å². The summed E-state index contributed by atoms with van der Waals surface area (Å²) in [6.45, 7) is 33.4. The van der Waals surface area contributed by atoms with Crippen molar-refractivity contribution in [3.05, 3.63) is 121 Å². The number of nitro groups is 1. The normalized spacial score (nSPS) is 13.1. The Morgan fingerprint density at radius 1 is 0.532 bits per heavy atom. The van der Waals surface area contributed by atoms with E-state index in [9.17, 15) is 10.1 Å². The molecule has 2 aromatic carbocycles. The van der Waals surface area contributed by atoms with Crippen molar-refractivity contribution in [2.45, 2.75) is 124 Å². The van der Waals surface area contributed by atoms with Crippen molar-refractivity contribution in [3.63, 3.8) is 0 Å². The van der Waals surface area contributed by atoms with Gasteiger partial charge in [0.25, 0.3) is 0 Å². The zero-order valence-electron chi connectivity index (χ0n) is 39.3. The minimum absolute atomic E-state index is 0. The van der Waals surface area contributed by atoms with Gasteiger partial charge in [-0.1, -0.05) is 180 Å². The first-order chi connectivity index (χ1) is 28.2. The summed E-state index contributed by atoms with van der Waals surface area (Å²) < 4.78 is 0. The zero-order chi connectivity index (χ0) is 44.6. The molecule has 7 nitrogen and oxygen atoms in total. The fourth-order valence-electron chi connectivity index (χ4n) is 7.51. The van der Waals surface area contributed by atoms with Crippen molar-refractivity contribution in [2.24, 2.45) is 0 Å². The van der Waals surface area contributed by atoms with Gasteiger partial charge in [-0.25, -0.2) is 9.97 Å². The molecule has 62 heavy (non-hydrogen) atoms. The SMILES string of the molecule is CC(C)(C)c1cc(-c2c3nc(c(C#C[Si](C)(C)C)c4ccc([n-]4)c([N+](=O)[O-])c4ccc([n-]4)c(-c4cc(C(C)(C)C)cc(C(C)(C)C)c4)c4nc2C=C4)C=C3)cc(C(C)(C)C)c1.[Zn+2]. The topological polar surface area (TPSA) is 97.1 Å². The Morgan fingerprint density at radius 3 is 1.31 bits per heavy atom. The maximum atomic E-state index is 13.0. The first-order valence-electron chi connectivity index (χ1n) is 21.2. The Kier molecular flexibility index (Phi) is 12.1. The van der Waals surface area contributed by atoms with Crippen LogP contribution < -0.4 is 9.97 Å². The molecule has 2 aliphatic heterocycles. The van der Waals surface area contributed by atoms with E-state index in [1.807, 2.05) is 24.3 Å². The number of aromatic nitrogens is 4. The molecule has 0 spiro atoms. The van der Waals surface area contributed by atoms with Crippen molar-refractivity contribution in [3.8, 4) is 33.7 Å². The van der Waals surface area contributed by atoms with Gasteiger partial charge >= 0.3 is 19.5 Å². The Balaban J connectivity index is 0.00000641. The van der Waals surface area contributed by atoms with Gasteiger partial charge in [0, 0.05) is 11.1 Å². The summed E-state index contributed by atoms with van der Waals surface area (Å²) in [4.78, 5) is 33.4. The van der Waals surface area contributed by atoms with Gasteiger partial charge < -0.3 is 9.97 Å². The second-order valence-electron chi connectivity index (χ2n) is 21.7. The van der Waals surface area contributed by atoms with Crippen molar-refractivity contribution >= 4 is 60.1 Å². The summed E-state index contributed by atoms with van der Waals surface area (Å²) in [7, 11) is -1.86. The smallest absolute Gasteiger partial charge is 0.652 e. The number of hydrogen-bond donors (Lipinski definition) is 0. The predicted molar refractivity (Wildman–Crippen MR) is 259 cm³/mol. The van der Waals surface area contributed by atoms with Crippen LogP contribution in [0.5, 0.6) is 0 Å². The van der Waals surface area contributed by atoms with E-state index >= 15 is 0 Å². The molecule has 0 fully saturated rings. The second kappa shape index (κ2) is 16.2. The summed E-state index contributed by atoms with van der Waals surface area (Å²) in [6.07, 6.45) is 8.17.